The molecule has 1 N–H and O–H groups in total. The maximum Gasteiger partial charge on any atom is 0.317 e. The molecule has 128 valence electrons. The fourth-order valence-electron chi connectivity index (χ4n) is 2.48. The SMILES string of the molecule is CCN(CC)CCC(=O)N1CCN(C(=O)NCCOC)CC1. The van der Waals surface area contributed by atoms with Gasteiger partial charge in [0.15, 0.2) is 0 Å². The van der Waals surface area contributed by atoms with Crippen molar-refractivity contribution >= 4 is 11.9 Å². The molecule has 0 unspecified atom stereocenters. The molecular formula is C15H30N4O3. The summed E-state index contributed by atoms with van der Waals surface area (Å²) in [5.41, 5.74) is 0. The van der Waals surface area contributed by atoms with E-state index in [1.54, 1.807) is 12.0 Å². The topological polar surface area (TPSA) is 65.1 Å². The van der Waals surface area contributed by atoms with Gasteiger partial charge in [-0.05, 0) is 13.1 Å². The van der Waals surface area contributed by atoms with E-state index in [0.717, 1.165) is 19.6 Å². The average molecular weight is 314 g/mol. The second-order valence-corrected chi connectivity index (χ2v) is 5.37. The third-order valence-electron chi connectivity index (χ3n) is 4.04. The summed E-state index contributed by atoms with van der Waals surface area (Å²) in [4.78, 5) is 29.9. The molecule has 3 amide bonds. The monoisotopic (exact) mass is 314 g/mol. The van der Waals surface area contributed by atoms with Crippen LogP contribution in [0.15, 0.2) is 0 Å². The quantitative estimate of drug-likeness (QED) is 0.651. The van der Waals surface area contributed by atoms with E-state index in [2.05, 4.69) is 24.1 Å². The van der Waals surface area contributed by atoms with Crippen molar-refractivity contribution in [3.8, 4) is 0 Å². The summed E-state index contributed by atoms with van der Waals surface area (Å²) in [5, 5.41) is 2.80. The van der Waals surface area contributed by atoms with Crippen LogP contribution in [0.1, 0.15) is 20.3 Å². The van der Waals surface area contributed by atoms with Crippen LogP contribution in [0.4, 0.5) is 4.79 Å². The Balaban J connectivity index is 2.26. The number of carbonyl (C=O) groups is 2. The van der Waals surface area contributed by atoms with Crippen molar-refractivity contribution in [2.75, 3.05) is 66.1 Å². The van der Waals surface area contributed by atoms with Crippen LogP contribution >= 0.6 is 0 Å². The first kappa shape index (κ1) is 18.7. The maximum atomic E-state index is 12.2. The van der Waals surface area contributed by atoms with E-state index < -0.39 is 0 Å². The molecule has 0 aliphatic carbocycles. The van der Waals surface area contributed by atoms with Gasteiger partial charge in [-0.2, -0.15) is 0 Å². The van der Waals surface area contributed by atoms with Gasteiger partial charge in [-0.3, -0.25) is 4.79 Å². The van der Waals surface area contributed by atoms with E-state index in [-0.39, 0.29) is 11.9 Å². The molecular weight excluding hydrogens is 284 g/mol. The molecule has 0 bridgehead atoms. The summed E-state index contributed by atoms with van der Waals surface area (Å²) in [5.74, 6) is 0.186. The van der Waals surface area contributed by atoms with Gasteiger partial charge in [-0.1, -0.05) is 13.8 Å². The lowest BCUT2D eigenvalue weighted by atomic mass is 10.2. The fraction of sp³-hybridized carbons (Fsp3) is 0.867. The third-order valence-corrected chi connectivity index (χ3v) is 4.04. The number of hydrogen-bond donors (Lipinski definition) is 1. The smallest absolute Gasteiger partial charge is 0.317 e. The third kappa shape index (κ3) is 6.19. The van der Waals surface area contributed by atoms with E-state index in [1.807, 2.05) is 4.90 Å². The van der Waals surface area contributed by atoms with Gasteiger partial charge in [0.25, 0.3) is 0 Å². The molecule has 1 aliphatic rings. The maximum absolute atomic E-state index is 12.2. The van der Waals surface area contributed by atoms with Crippen molar-refractivity contribution in [3.63, 3.8) is 0 Å². The molecule has 1 saturated heterocycles. The molecule has 7 nitrogen and oxygen atoms in total. The highest BCUT2D eigenvalue weighted by Gasteiger charge is 2.23. The molecule has 1 heterocycles. The van der Waals surface area contributed by atoms with Crippen molar-refractivity contribution in [3.05, 3.63) is 0 Å². The Bertz CT molecular complexity index is 340. The van der Waals surface area contributed by atoms with Gasteiger partial charge < -0.3 is 24.8 Å². The molecule has 7 heteroatoms. The molecule has 0 spiro atoms. The molecule has 1 aliphatic heterocycles. The van der Waals surface area contributed by atoms with Crippen LogP contribution in [0.25, 0.3) is 0 Å². The van der Waals surface area contributed by atoms with E-state index in [1.165, 1.54) is 0 Å². The second-order valence-electron chi connectivity index (χ2n) is 5.37. The number of amides is 3. The largest absolute Gasteiger partial charge is 0.383 e. The van der Waals surface area contributed by atoms with Gasteiger partial charge in [0.05, 0.1) is 6.61 Å². The molecule has 0 aromatic rings. The summed E-state index contributed by atoms with van der Waals surface area (Å²) in [7, 11) is 1.61. The normalized spacial score (nSPS) is 15.3. The van der Waals surface area contributed by atoms with Crippen molar-refractivity contribution in [2.45, 2.75) is 20.3 Å². The van der Waals surface area contributed by atoms with Crippen LogP contribution in [0, 0.1) is 0 Å². The van der Waals surface area contributed by atoms with Gasteiger partial charge in [0.1, 0.15) is 0 Å². The van der Waals surface area contributed by atoms with Crippen LogP contribution in [-0.2, 0) is 9.53 Å². The molecule has 0 aromatic carbocycles. The van der Waals surface area contributed by atoms with Crippen LogP contribution in [0.3, 0.4) is 0 Å². The van der Waals surface area contributed by atoms with E-state index >= 15 is 0 Å². The Hall–Kier alpha value is -1.34. The highest BCUT2D eigenvalue weighted by molar-refractivity contribution is 5.77. The minimum absolute atomic E-state index is 0.0766. The van der Waals surface area contributed by atoms with E-state index in [9.17, 15) is 9.59 Å². The molecule has 0 saturated carbocycles. The zero-order valence-electron chi connectivity index (χ0n) is 14.1. The highest BCUT2D eigenvalue weighted by Crippen LogP contribution is 2.05. The predicted molar refractivity (Wildman–Crippen MR) is 85.8 cm³/mol. The van der Waals surface area contributed by atoms with Crippen molar-refractivity contribution < 1.29 is 14.3 Å². The number of urea groups is 1. The summed E-state index contributed by atoms with van der Waals surface area (Å²) >= 11 is 0. The Labute approximate surface area is 133 Å². The van der Waals surface area contributed by atoms with Crippen molar-refractivity contribution in [1.82, 2.24) is 20.0 Å². The zero-order chi connectivity index (χ0) is 16.4. The number of nitrogens with one attached hydrogen (secondary N) is 1. The molecule has 22 heavy (non-hydrogen) atoms. The number of rotatable bonds is 8. The van der Waals surface area contributed by atoms with Crippen LogP contribution in [-0.4, -0.2) is 92.7 Å². The van der Waals surface area contributed by atoms with E-state index in [0.29, 0.717) is 45.8 Å². The van der Waals surface area contributed by atoms with Crippen LogP contribution in [0.2, 0.25) is 0 Å². The minimum Gasteiger partial charge on any atom is -0.383 e. The highest BCUT2D eigenvalue weighted by atomic mass is 16.5. The Morgan fingerprint density at radius 1 is 1.09 bits per heavy atom. The van der Waals surface area contributed by atoms with E-state index in [4.69, 9.17) is 4.74 Å². The first-order valence-electron chi connectivity index (χ1n) is 8.14. The lowest BCUT2D eigenvalue weighted by Gasteiger charge is -2.35. The molecule has 0 aromatic heterocycles. The predicted octanol–water partition coefficient (Wildman–Crippen LogP) is 0.219. The number of piperazine rings is 1. The van der Waals surface area contributed by atoms with Gasteiger partial charge in [0, 0.05) is 52.8 Å². The zero-order valence-corrected chi connectivity index (χ0v) is 14.1. The molecule has 1 rings (SSSR count). The molecule has 0 atom stereocenters. The van der Waals surface area contributed by atoms with Gasteiger partial charge >= 0.3 is 6.03 Å². The van der Waals surface area contributed by atoms with Gasteiger partial charge in [0.2, 0.25) is 5.91 Å². The van der Waals surface area contributed by atoms with Gasteiger partial charge in [-0.25, -0.2) is 4.79 Å². The lowest BCUT2D eigenvalue weighted by molar-refractivity contribution is -0.132. The standard InChI is InChI=1S/C15H30N4O3/c1-4-17(5-2)8-6-14(20)18-9-11-19(12-10-18)15(21)16-7-13-22-3/h4-13H2,1-3H3,(H,16,21). The number of ether oxygens (including phenoxy) is 1. The minimum atomic E-state index is -0.0766. The average Bonchev–Trinajstić information content (AvgIpc) is 2.56. The number of nitrogens with zero attached hydrogens (tertiary/aromatic N) is 3. The first-order valence-corrected chi connectivity index (χ1v) is 8.14. The first-order chi connectivity index (χ1) is 10.6. The number of carbonyl (C=O) groups excluding carboxylic acids is 2. The number of hydrogen-bond acceptors (Lipinski definition) is 4. The van der Waals surface area contributed by atoms with Crippen molar-refractivity contribution in [2.24, 2.45) is 0 Å². The van der Waals surface area contributed by atoms with Gasteiger partial charge in [-0.15, -0.1) is 0 Å². The Kier molecular flexibility index (Phi) is 8.84. The van der Waals surface area contributed by atoms with Crippen LogP contribution in [0.5, 0.6) is 0 Å². The number of methoxy groups -OCH3 is 1. The summed E-state index contributed by atoms with van der Waals surface area (Å²) in [6, 6.07) is -0.0766. The summed E-state index contributed by atoms with van der Waals surface area (Å²) < 4.78 is 4.90. The Morgan fingerprint density at radius 2 is 1.68 bits per heavy atom. The molecule has 0 radical (unpaired) electrons. The Morgan fingerprint density at radius 3 is 2.23 bits per heavy atom. The summed E-state index contributed by atoms with van der Waals surface area (Å²) in [6.07, 6.45) is 0.557. The lowest BCUT2D eigenvalue weighted by Crippen LogP contribution is -2.53. The molecule has 1 fully saturated rings. The van der Waals surface area contributed by atoms with Crippen molar-refractivity contribution in [1.29, 1.82) is 0 Å². The van der Waals surface area contributed by atoms with Crippen LogP contribution < -0.4 is 5.32 Å². The second kappa shape index (κ2) is 10.4. The summed E-state index contributed by atoms with van der Waals surface area (Å²) in [6.45, 7) is 10.4. The fourth-order valence-corrected chi connectivity index (χ4v) is 2.48.